The number of fused-ring (bicyclic) bond motifs is 2. The zero-order chi connectivity index (χ0) is 60.3. The van der Waals surface area contributed by atoms with E-state index in [4.69, 9.17) is 31.8 Å². The average Bonchev–Trinajstić information content (AvgIpc) is 3.56. The predicted molar refractivity (Wildman–Crippen MR) is 289 cm³/mol. The number of benzene rings is 4. The molecule has 0 aromatic heterocycles. The van der Waals surface area contributed by atoms with Crippen LogP contribution in [0.4, 0.5) is 0 Å². The molecular weight excluding hydrogens is 1150 g/mol. The van der Waals surface area contributed by atoms with Crippen LogP contribution < -0.4 is 53.3 Å². The number of carbonyl (C=O) groups is 6. The van der Waals surface area contributed by atoms with E-state index in [0.29, 0.717) is 51.5 Å². The van der Waals surface area contributed by atoms with Gasteiger partial charge in [-0.1, -0.05) is 0 Å². The first-order valence-electron chi connectivity index (χ1n) is 25.0. The molecule has 0 aliphatic heterocycles. The molecule has 0 fully saturated rings. The third kappa shape index (κ3) is 22.3. The van der Waals surface area contributed by atoms with Crippen molar-refractivity contribution in [3.05, 3.63) is 60.7 Å². The Morgan fingerprint density at radius 1 is 0.432 bits per heavy atom. The fraction of sp³-hybridized carbons (Fsp3) is 0.458. The minimum absolute atomic E-state index is 0.00792. The molecule has 33 heteroatoms. The summed E-state index contributed by atoms with van der Waals surface area (Å²) >= 11 is 0. The predicted octanol–water partition coefficient (Wildman–Crippen LogP) is 0.135. The lowest BCUT2D eigenvalue weighted by atomic mass is 10.1. The molecule has 4 rings (SSSR count). The second kappa shape index (κ2) is 30.4. The number of ether oxygens (including phenoxy) is 2. The van der Waals surface area contributed by atoms with Crippen LogP contribution in [0, 0.1) is 0 Å². The van der Waals surface area contributed by atoms with E-state index in [1.54, 1.807) is 0 Å². The molecule has 0 heterocycles. The van der Waals surface area contributed by atoms with Gasteiger partial charge in [0.15, 0.2) is 13.2 Å². The van der Waals surface area contributed by atoms with Gasteiger partial charge >= 0.3 is 5.97 Å². The van der Waals surface area contributed by atoms with Gasteiger partial charge in [-0.3, -0.25) is 47.0 Å². The maximum absolute atomic E-state index is 13.5. The quantitative estimate of drug-likeness (QED) is 0.0215. The Hall–Kier alpha value is -6.66. The van der Waals surface area contributed by atoms with Crippen LogP contribution in [-0.4, -0.2) is 156 Å². The highest BCUT2D eigenvalue weighted by Crippen LogP contribution is 2.33. The molecule has 4 atom stereocenters. The summed E-state index contributed by atoms with van der Waals surface area (Å²) < 4.78 is 145. The number of aliphatic carboxylic acids is 1. The van der Waals surface area contributed by atoms with E-state index in [9.17, 15) is 80.6 Å². The summed E-state index contributed by atoms with van der Waals surface area (Å²) in [7, 11) is -19.2. The van der Waals surface area contributed by atoms with Gasteiger partial charge in [0.25, 0.3) is 52.3 Å². The maximum Gasteiger partial charge on any atom is 0.320 e. The van der Waals surface area contributed by atoms with Crippen LogP contribution in [0.25, 0.3) is 21.5 Å². The molecule has 0 saturated carbocycles. The number of carboxylic acid groups (broad SMARTS) is 1. The number of hydrogen-bond acceptors (Lipinski definition) is 19. The van der Waals surface area contributed by atoms with Crippen LogP contribution in [0.1, 0.15) is 77.0 Å². The standard InChI is InChI=1S/C48H66N8O21S4/c49-37(46(60)54-19-7-3-11-39(51)48(62)63)9-1-5-18-53-45(59)38(50)10-2-6-20-55-47(61)40(56-44(58)28-77-42-26-34(81(73,74)75)24-30-22-32(79(67,68)69)14-16-36(30)42)12-4-8-17-52-43(57)27-76-41-25-33(80(70,71)72)23-29-21-31(78(64,65)66)13-15-35(29)41/h13-16,21-26,37-40H,1-12,17-20,27-28,49-51H2,(H,52,57)(H,53,59)(H,54,60)(H,55,61)(H,56,58)(H,62,63)(H,64,65,66)(H,67,68,69)(H,70,71,72)(H,73,74,75)/t37-,38-,39-,40-/m0/s1. The first-order chi connectivity index (χ1) is 37.8. The second-order valence-corrected chi connectivity index (χ2v) is 24.3. The Bertz CT molecular complexity index is 3380. The molecule has 0 aliphatic carbocycles. The highest BCUT2D eigenvalue weighted by Gasteiger charge is 2.24. The van der Waals surface area contributed by atoms with Gasteiger partial charge in [-0.15, -0.1) is 0 Å². The maximum atomic E-state index is 13.5. The molecule has 0 saturated heterocycles. The van der Waals surface area contributed by atoms with Gasteiger partial charge in [0.05, 0.1) is 31.7 Å². The zero-order valence-corrected chi connectivity index (χ0v) is 46.7. The zero-order valence-electron chi connectivity index (χ0n) is 43.4. The van der Waals surface area contributed by atoms with Crippen molar-refractivity contribution in [3.8, 4) is 11.5 Å². The topological polar surface area (TPSA) is 497 Å². The monoisotopic (exact) mass is 1220 g/mol. The third-order valence-corrected chi connectivity index (χ3v) is 15.6. The van der Waals surface area contributed by atoms with E-state index < -0.39 is 127 Å². The Labute approximate surface area is 466 Å². The van der Waals surface area contributed by atoms with Gasteiger partial charge in [0.2, 0.25) is 17.7 Å². The van der Waals surface area contributed by atoms with Crippen molar-refractivity contribution in [2.75, 3.05) is 39.4 Å². The van der Waals surface area contributed by atoms with Crippen LogP contribution in [0.15, 0.2) is 80.2 Å². The van der Waals surface area contributed by atoms with Gasteiger partial charge in [-0.05, 0) is 136 Å². The molecule has 4 aromatic carbocycles. The molecule has 5 amide bonds. The molecular formula is C48H66N8O21S4. The van der Waals surface area contributed by atoms with Crippen molar-refractivity contribution >= 4 is 97.5 Å². The molecule has 448 valence electrons. The number of carboxylic acids is 1. The number of unbranched alkanes of at least 4 members (excludes halogenated alkanes) is 4. The highest BCUT2D eigenvalue weighted by molar-refractivity contribution is 7.86. The minimum Gasteiger partial charge on any atom is -0.483 e. The Morgan fingerprint density at radius 3 is 1.17 bits per heavy atom. The number of rotatable bonds is 35. The normalized spacial score (nSPS) is 13.6. The summed E-state index contributed by atoms with van der Waals surface area (Å²) in [6.45, 7) is -0.875. The van der Waals surface area contributed by atoms with Crippen molar-refractivity contribution < 1.29 is 95.2 Å². The van der Waals surface area contributed by atoms with Crippen LogP contribution in [-0.2, 0) is 69.2 Å². The van der Waals surface area contributed by atoms with Crippen molar-refractivity contribution in [3.63, 3.8) is 0 Å². The molecule has 16 N–H and O–H groups in total. The molecule has 0 bridgehead atoms. The number of carbonyl (C=O) groups excluding carboxylic acids is 5. The minimum atomic E-state index is -4.91. The summed E-state index contributed by atoms with van der Waals surface area (Å²) in [5.41, 5.74) is 17.5. The van der Waals surface area contributed by atoms with Crippen molar-refractivity contribution in [1.29, 1.82) is 0 Å². The van der Waals surface area contributed by atoms with Crippen molar-refractivity contribution in [2.45, 2.75) is 121 Å². The lowest BCUT2D eigenvalue weighted by Crippen LogP contribution is -2.48. The lowest BCUT2D eigenvalue weighted by molar-refractivity contribution is -0.138. The Balaban J connectivity index is 1.30. The fourth-order valence-corrected chi connectivity index (χ4v) is 9.94. The number of nitrogens with two attached hydrogens (primary N) is 3. The van der Waals surface area contributed by atoms with Gasteiger partial charge in [-0.2, -0.15) is 33.7 Å². The van der Waals surface area contributed by atoms with Crippen LogP contribution >= 0.6 is 0 Å². The Kier molecular flexibility index (Phi) is 25.1. The van der Waals surface area contributed by atoms with E-state index in [1.807, 2.05) is 0 Å². The lowest BCUT2D eigenvalue weighted by Gasteiger charge is -2.19. The van der Waals surface area contributed by atoms with Crippen LogP contribution in [0.2, 0.25) is 0 Å². The molecule has 0 radical (unpaired) electrons. The van der Waals surface area contributed by atoms with E-state index in [-0.39, 0.29) is 90.7 Å². The molecule has 0 unspecified atom stereocenters. The molecule has 0 aliphatic rings. The van der Waals surface area contributed by atoms with E-state index in [0.717, 1.165) is 54.6 Å². The summed E-state index contributed by atoms with van der Waals surface area (Å²) in [6.07, 6.45) is 4.06. The average molecular weight is 1220 g/mol. The van der Waals surface area contributed by atoms with Gasteiger partial charge in [-0.25, -0.2) is 0 Å². The molecule has 81 heavy (non-hydrogen) atoms. The Morgan fingerprint density at radius 2 is 0.778 bits per heavy atom. The molecule has 29 nitrogen and oxygen atoms in total. The summed E-state index contributed by atoms with van der Waals surface area (Å²) in [5, 5.41) is 22.1. The number of hydrogen-bond donors (Lipinski definition) is 13. The fourth-order valence-electron chi connectivity index (χ4n) is 7.85. The van der Waals surface area contributed by atoms with E-state index in [1.165, 1.54) is 6.07 Å². The number of nitrogens with one attached hydrogen (secondary N) is 5. The van der Waals surface area contributed by atoms with Gasteiger partial charge < -0.3 is 58.4 Å². The van der Waals surface area contributed by atoms with Crippen LogP contribution in [0.3, 0.4) is 0 Å². The molecule has 4 aromatic rings. The smallest absolute Gasteiger partial charge is 0.320 e. The highest BCUT2D eigenvalue weighted by atomic mass is 32.2. The summed E-state index contributed by atoms with van der Waals surface area (Å²) in [5.74, 6) is -4.66. The largest absolute Gasteiger partial charge is 0.483 e. The second-order valence-electron chi connectivity index (χ2n) is 18.6. The van der Waals surface area contributed by atoms with Gasteiger partial charge in [0, 0.05) is 49.1 Å². The first kappa shape index (κ1) is 66.8. The van der Waals surface area contributed by atoms with Crippen molar-refractivity contribution in [2.24, 2.45) is 17.2 Å². The SMILES string of the molecule is N[C@@H](CCCCNC(=O)[C@@H](N)CCCCNC(=O)[C@@H](N)CCCCNC(=O)[C@H](CCCCNC(=O)COc1cc(S(=O)(=O)O)cc2cc(S(=O)(=O)O)ccc12)NC(=O)COc1cc(S(=O)(=O)O)cc2cc(S(=O)(=O)O)ccc12)C(=O)O. The first-order valence-corrected chi connectivity index (χ1v) is 30.8. The third-order valence-electron chi connectivity index (χ3n) is 12.2. The van der Waals surface area contributed by atoms with Crippen molar-refractivity contribution in [1.82, 2.24) is 26.6 Å². The van der Waals surface area contributed by atoms with E-state index in [2.05, 4.69) is 26.6 Å². The van der Waals surface area contributed by atoms with E-state index >= 15 is 0 Å². The summed E-state index contributed by atoms with van der Waals surface area (Å²) in [6, 6.07) is 5.96. The number of amides is 5. The van der Waals surface area contributed by atoms with Crippen LogP contribution in [0.5, 0.6) is 11.5 Å². The van der Waals surface area contributed by atoms with Gasteiger partial charge in [0.1, 0.15) is 23.6 Å². The molecule has 0 spiro atoms. The summed E-state index contributed by atoms with van der Waals surface area (Å²) in [4.78, 5) is 72.8.